The minimum atomic E-state index is -0.434. The fourth-order valence-electron chi connectivity index (χ4n) is 4.50. The molecule has 9 nitrogen and oxygen atoms in total. The van der Waals surface area contributed by atoms with Gasteiger partial charge >= 0.3 is 6.01 Å². The van der Waals surface area contributed by atoms with Crippen LogP contribution in [0.3, 0.4) is 0 Å². The number of piperazine rings is 1. The minimum Gasteiger partial charge on any atom is -0.421 e. The van der Waals surface area contributed by atoms with Gasteiger partial charge in [-0.05, 0) is 45.0 Å². The van der Waals surface area contributed by atoms with Gasteiger partial charge < -0.3 is 24.4 Å². The minimum absolute atomic E-state index is 0.0939. The number of aromatic amines is 2. The van der Waals surface area contributed by atoms with E-state index in [4.69, 9.17) is 4.74 Å². The van der Waals surface area contributed by atoms with Crippen molar-refractivity contribution in [1.82, 2.24) is 30.0 Å². The molecule has 1 aliphatic heterocycles. The lowest BCUT2D eigenvalue weighted by molar-refractivity contribution is 0.311. The Bertz CT molecular complexity index is 1370. The van der Waals surface area contributed by atoms with E-state index in [9.17, 15) is 0 Å². The van der Waals surface area contributed by atoms with E-state index in [1.807, 2.05) is 24.9 Å². The van der Waals surface area contributed by atoms with Gasteiger partial charge in [-0.15, -0.1) is 0 Å². The van der Waals surface area contributed by atoms with Crippen LogP contribution in [0, 0.1) is 12.7 Å². The predicted octanol–water partition coefficient (Wildman–Crippen LogP) is 4.32. The summed E-state index contributed by atoms with van der Waals surface area (Å²) in [7, 11) is 4.03. The average molecular weight is 477 g/mol. The zero-order chi connectivity index (χ0) is 24.1. The van der Waals surface area contributed by atoms with Gasteiger partial charge in [-0.1, -0.05) is 0 Å². The van der Waals surface area contributed by atoms with Crippen molar-refractivity contribution >= 4 is 28.4 Å². The molecule has 0 radical (unpaired) electrons. The number of H-pyrrole nitrogens is 2. The number of hydrogen-bond acceptors (Lipinski definition) is 7. The van der Waals surface area contributed by atoms with Crippen LogP contribution in [0.4, 0.5) is 21.8 Å². The fraction of sp³-hybridized carbons (Fsp3) is 0.400. The van der Waals surface area contributed by atoms with Crippen LogP contribution in [-0.4, -0.2) is 70.3 Å². The highest BCUT2D eigenvalue weighted by molar-refractivity contribution is 5.82. The number of benzene rings is 1. The van der Waals surface area contributed by atoms with Crippen LogP contribution in [-0.2, 0) is 0 Å². The molecule has 2 N–H and O–H groups in total. The maximum Gasteiger partial charge on any atom is 0.326 e. The average Bonchev–Trinajstić information content (AvgIpc) is 3.45. The molecule has 0 spiro atoms. The normalized spacial score (nSPS) is 16.7. The Labute approximate surface area is 202 Å². The summed E-state index contributed by atoms with van der Waals surface area (Å²) >= 11 is 0. The number of fused-ring (bicyclic) bond motifs is 1. The topological polar surface area (TPSA) is 89.2 Å². The second kappa shape index (κ2) is 8.53. The number of anilines is 3. The predicted molar refractivity (Wildman–Crippen MR) is 133 cm³/mol. The highest BCUT2D eigenvalue weighted by Crippen LogP contribution is 2.40. The summed E-state index contributed by atoms with van der Waals surface area (Å²) in [6.07, 6.45) is 2.39. The van der Waals surface area contributed by atoms with Crippen molar-refractivity contribution < 1.29 is 9.13 Å². The SMILES string of the molecule is Cc1cc2c(F)c(Oc3nc(N4CCN(C)CC4)cc(N(C)c4cc(C5CC5)[nH]n4)n3)ccc2[nH]1. The van der Waals surface area contributed by atoms with Gasteiger partial charge in [0.15, 0.2) is 17.4 Å². The molecule has 35 heavy (non-hydrogen) atoms. The molecule has 2 aliphatic rings. The Morgan fingerprint density at radius 3 is 2.63 bits per heavy atom. The fourth-order valence-corrected chi connectivity index (χ4v) is 4.50. The van der Waals surface area contributed by atoms with Crippen molar-refractivity contribution in [3.63, 3.8) is 0 Å². The molecule has 1 saturated heterocycles. The van der Waals surface area contributed by atoms with Gasteiger partial charge in [0.05, 0.1) is 0 Å². The molecule has 1 aliphatic carbocycles. The van der Waals surface area contributed by atoms with Crippen molar-refractivity contribution in [2.75, 3.05) is 50.1 Å². The number of nitrogens with one attached hydrogen (secondary N) is 2. The number of aromatic nitrogens is 5. The third-order valence-electron chi connectivity index (χ3n) is 6.83. The molecule has 1 saturated carbocycles. The molecule has 4 aromatic rings. The smallest absolute Gasteiger partial charge is 0.326 e. The lowest BCUT2D eigenvalue weighted by atomic mass is 10.2. The van der Waals surface area contributed by atoms with Gasteiger partial charge in [-0.3, -0.25) is 5.10 Å². The molecule has 2 fully saturated rings. The van der Waals surface area contributed by atoms with Gasteiger partial charge in [-0.25, -0.2) is 4.39 Å². The van der Waals surface area contributed by atoms with E-state index >= 15 is 4.39 Å². The van der Waals surface area contributed by atoms with Crippen molar-refractivity contribution in [3.05, 3.63) is 47.5 Å². The third kappa shape index (κ3) is 4.29. The lowest BCUT2D eigenvalue weighted by Gasteiger charge is -2.33. The zero-order valence-corrected chi connectivity index (χ0v) is 20.2. The Morgan fingerprint density at radius 1 is 1.06 bits per heavy atom. The second-order valence-electron chi connectivity index (χ2n) is 9.57. The van der Waals surface area contributed by atoms with E-state index in [0.717, 1.165) is 54.7 Å². The molecule has 3 aromatic heterocycles. The highest BCUT2D eigenvalue weighted by Gasteiger charge is 2.27. The van der Waals surface area contributed by atoms with Crippen LogP contribution >= 0.6 is 0 Å². The second-order valence-corrected chi connectivity index (χ2v) is 9.57. The summed E-state index contributed by atoms with van der Waals surface area (Å²) in [5.41, 5.74) is 2.76. The summed E-state index contributed by atoms with van der Waals surface area (Å²) in [4.78, 5) is 18.9. The summed E-state index contributed by atoms with van der Waals surface area (Å²) < 4.78 is 21.2. The van der Waals surface area contributed by atoms with Crippen molar-refractivity contribution in [1.29, 1.82) is 0 Å². The van der Waals surface area contributed by atoms with Gasteiger partial charge in [0, 0.05) is 73.6 Å². The first-order chi connectivity index (χ1) is 16.9. The van der Waals surface area contributed by atoms with E-state index in [2.05, 4.69) is 48.1 Å². The van der Waals surface area contributed by atoms with Crippen LogP contribution in [0.5, 0.6) is 11.8 Å². The standard InChI is InChI=1S/C25H29FN8O/c1-15-12-17-18(27-15)6-7-20(24(17)26)35-25-28-21(14-22(29-25)34-10-8-32(2)9-11-34)33(3)23-13-19(30-31-23)16-4-5-16/h6-7,12-14,16,27H,4-5,8-11H2,1-3H3,(H,30,31). The molecule has 182 valence electrons. The molecule has 4 heterocycles. The number of nitrogens with zero attached hydrogens (tertiary/aromatic N) is 6. The quantitative estimate of drug-likeness (QED) is 0.428. The maximum absolute atomic E-state index is 15.2. The van der Waals surface area contributed by atoms with Crippen LogP contribution in [0.2, 0.25) is 0 Å². The highest BCUT2D eigenvalue weighted by atomic mass is 19.1. The molecule has 0 bridgehead atoms. The number of aryl methyl sites for hydroxylation is 1. The first-order valence-corrected chi connectivity index (χ1v) is 12.0. The Morgan fingerprint density at radius 2 is 1.86 bits per heavy atom. The van der Waals surface area contributed by atoms with Crippen molar-refractivity contribution in [2.24, 2.45) is 0 Å². The van der Waals surface area contributed by atoms with Gasteiger partial charge in [0.25, 0.3) is 0 Å². The first-order valence-electron chi connectivity index (χ1n) is 12.0. The van der Waals surface area contributed by atoms with Gasteiger partial charge in [-0.2, -0.15) is 15.1 Å². The number of hydrogen-bond donors (Lipinski definition) is 2. The number of likely N-dealkylation sites (N-methyl/N-ethyl adjacent to an activating group) is 1. The van der Waals surface area contributed by atoms with E-state index in [-0.39, 0.29) is 11.8 Å². The van der Waals surface area contributed by atoms with E-state index in [0.29, 0.717) is 17.1 Å². The maximum atomic E-state index is 15.2. The van der Waals surface area contributed by atoms with E-state index in [1.165, 1.54) is 12.8 Å². The molecule has 0 atom stereocenters. The Kier molecular flexibility index (Phi) is 5.32. The monoisotopic (exact) mass is 476 g/mol. The molecule has 0 unspecified atom stereocenters. The first kappa shape index (κ1) is 21.8. The van der Waals surface area contributed by atoms with Crippen LogP contribution in [0.15, 0.2) is 30.3 Å². The summed E-state index contributed by atoms with van der Waals surface area (Å²) in [6, 6.07) is 9.30. The van der Waals surface area contributed by atoms with Crippen LogP contribution < -0.4 is 14.5 Å². The number of rotatable bonds is 6. The van der Waals surface area contributed by atoms with E-state index in [1.54, 1.807) is 18.2 Å². The largest absolute Gasteiger partial charge is 0.421 e. The molecular formula is C25H29FN8O. The third-order valence-corrected chi connectivity index (χ3v) is 6.83. The summed E-state index contributed by atoms with van der Waals surface area (Å²) in [6.45, 7) is 5.45. The molecular weight excluding hydrogens is 447 g/mol. The van der Waals surface area contributed by atoms with Gasteiger partial charge in [0.1, 0.15) is 11.6 Å². The molecule has 1 aromatic carbocycles. The van der Waals surface area contributed by atoms with Crippen LogP contribution in [0.1, 0.15) is 30.1 Å². The lowest BCUT2D eigenvalue weighted by Crippen LogP contribution is -2.44. The number of ether oxygens (including phenoxy) is 1. The Hall–Kier alpha value is -3.66. The summed E-state index contributed by atoms with van der Waals surface area (Å²) in [5.74, 6) is 2.40. The van der Waals surface area contributed by atoms with E-state index < -0.39 is 5.82 Å². The Balaban J connectivity index is 1.36. The molecule has 10 heteroatoms. The molecule has 6 rings (SSSR count). The molecule has 0 amide bonds. The van der Waals surface area contributed by atoms with Crippen molar-refractivity contribution in [2.45, 2.75) is 25.7 Å². The zero-order valence-electron chi connectivity index (χ0n) is 20.2. The van der Waals surface area contributed by atoms with Gasteiger partial charge in [0.2, 0.25) is 0 Å². The summed E-state index contributed by atoms with van der Waals surface area (Å²) in [5, 5.41) is 8.12. The van der Waals surface area contributed by atoms with Crippen LogP contribution in [0.25, 0.3) is 10.9 Å². The number of halogens is 1. The van der Waals surface area contributed by atoms with Crippen molar-refractivity contribution in [3.8, 4) is 11.8 Å².